The quantitative estimate of drug-likeness (QED) is 0.570. The summed E-state index contributed by atoms with van der Waals surface area (Å²) in [4.78, 5) is 0. The molecule has 2 heteroatoms. The Morgan fingerprint density at radius 2 is 2.43 bits per heavy atom. The van der Waals surface area contributed by atoms with Crippen molar-refractivity contribution in [1.29, 1.82) is 0 Å². The van der Waals surface area contributed by atoms with E-state index in [4.69, 9.17) is 4.74 Å². The zero-order valence-electron chi connectivity index (χ0n) is 4.57. The van der Waals surface area contributed by atoms with Gasteiger partial charge in [-0.3, -0.25) is 0 Å². The third-order valence-corrected chi connectivity index (χ3v) is 0.599. The molecule has 0 unspecified atom stereocenters. The lowest BCUT2D eigenvalue weighted by Crippen LogP contribution is -1.75. The van der Waals surface area contributed by atoms with E-state index in [2.05, 4.69) is 15.9 Å². The molecule has 0 aliphatic heterocycles. The number of halogens is 1. The predicted molar refractivity (Wildman–Crippen MR) is 34.3 cm³/mol. The lowest BCUT2D eigenvalue weighted by Gasteiger charge is -1.90. The molecule has 0 heterocycles. The Labute approximate surface area is 52.5 Å². The van der Waals surface area contributed by atoms with Crippen LogP contribution >= 0.6 is 15.9 Å². The number of allylic oxidation sites excluding steroid dienone is 1. The molecule has 0 saturated carbocycles. The van der Waals surface area contributed by atoms with Crippen molar-refractivity contribution in [1.82, 2.24) is 0 Å². The van der Waals surface area contributed by atoms with Gasteiger partial charge in [0, 0.05) is 4.48 Å². The Bertz CT molecular complexity index is 64.5. The van der Waals surface area contributed by atoms with Gasteiger partial charge in [-0.25, -0.2) is 0 Å². The van der Waals surface area contributed by atoms with Gasteiger partial charge in [-0.05, 0) is 13.8 Å². The van der Waals surface area contributed by atoms with Crippen LogP contribution in [-0.4, -0.2) is 6.61 Å². The summed E-state index contributed by atoms with van der Waals surface area (Å²) in [6, 6.07) is 0. The second kappa shape index (κ2) is 4.19. The molecule has 0 fully saturated rings. The average Bonchev–Trinajstić information content (AvgIpc) is 1.61. The standard InChI is InChI=1S/C5H9BrO/c1-3-7-4-5(2)6/h4H,3H2,1-2H3. The van der Waals surface area contributed by atoms with Crippen LogP contribution in [-0.2, 0) is 4.74 Å². The first kappa shape index (κ1) is 7.02. The molecule has 0 rings (SSSR count). The first-order chi connectivity index (χ1) is 3.27. The van der Waals surface area contributed by atoms with E-state index in [1.165, 1.54) is 0 Å². The largest absolute Gasteiger partial charge is 0.501 e. The zero-order valence-corrected chi connectivity index (χ0v) is 6.16. The molecule has 0 atom stereocenters. The molecule has 0 aromatic rings. The van der Waals surface area contributed by atoms with Gasteiger partial charge in [0.1, 0.15) is 0 Å². The molecule has 0 aliphatic rings. The normalized spacial score (nSPS) is 11.6. The summed E-state index contributed by atoms with van der Waals surface area (Å²) in [5, 5.41) is 0. The van der Waals surface area contributed by atoms with Gasteiger partial charge in [-0.15, -0.1) is 0 Å². The first-order valence-electron chi connectivity index (χ1n) is 2.21. The fourth-order valence-corrected chi connectivity index (χ4v) is 0.330. The van der Waals surface area contributed by atoms with Crippen LogP contribution in [0.3, 0.4) is 0 Å². The summed E-state index contributed by atoms with van der Waals surface area (Å²) in [5.41, 5.74) is 0. The Kier molecular flexibility index (Phi) is 4.20. The van der Waals surface area contributed by atoms with E-state index in [0.717, 1.165) is 11.1 Å². The molecule has 42 valence electrons. The molecule has 0 amide bonds. The van der Waals surface area contributed by atoms with Gasteiger partial charge < -0.3 is 4.74 Å². The molecule has 0 N–H and O–H groups in total. The molecule has 0 aromatic carbocycles. The maximum Gasteiger partial charge on any atom is 0.0927 e. The summed E-state index contributed by atoms with van der Waals surface area (Å²) >= 11 is 3.21. The van der Waals surface area contributed by atoms with E-state index in [1.54, 1.807) is 6.26 Å². The van der Waals surface area contributed by atoms with Crippen molar-refractivity contribution in [3.8, 4) is 0 Å². The van der Waals surface area contributed by atoms with Gasteiger partial charge in [0.25, 0.3) is 0 Å². The maximum atomic E-state index is 4.89. The van der Waals surface area contributed by atoms with Crippen molar-refractivity contribution in [2.24, 2.45) is 0 Å². The van der Waals surface area contributed by atoms with Gasteiger partial charge in [0.05, 0.1) is 12.9 Å². The Morgan fingerprint density at radius 1 is 1.86 bits per heavy atom. The van der Waals surface area contributed by atoms with E-state index in [0.29, 0.717) is 0 Å². The lowest BCUT2D eigenvalue weighted by molar-refractivity contribution is 0.268. The fourth-order valence-electron chi connectivity index (χ4n) is 0.198. The molecule has 0 aromatic heterocycles. The highest BCUT2D eigenvalue weighted by Gasteiger charge is 1.73. The second-order valence-electron chi connectivity index (χ2n) is 1.16. The zero-order chi connectivity index (χ0) is 5.70. The van der Waals surface area contributed by atoms with E-state index in [9.17, 15) is 0 Å². The molecule has 0 aliphatic carbocycles. The van der Waals surface area contributed by atoms with Crippen molar-refractivity contribution >= 4 is 15.9 Å². The number of rotatable bonds is 2. The van der Waals surface area contributed by atoms with Crippen molar-refractivity contribution in [2.45, 2.75) is 13.8 Å². The smallest absolute Gasteiger partial charge is 0.0927 e. The highest BCUT2D eigenvalue weighted by Crippen LogP contribution is 2.00. The highest BCUT2D eigenvalue weighted by atomic mass is 79.9. The van der Waals surface area contributed by atoms with Crippen LogP contribution in [0.25, 0.3) is 0 Å². The number of ether oxygens (including phenoxy) is 1. The summed E-state index contributed by atoms with van der Waals surface area (Å²) in [6.45, 7) is 4.62. The van der Waals surface area contributed by atoms with Gasteiger partial charge in [-0.1, -0.05) is 15.9 Å². The van der Waals surface area contributed by atoms with E-state index in [-0.39, 0.29) is 0 Å². The Hall–Kier alpha value is 0.0200. The van der Waals surface area contributed by atoms with Gasteiger partial charge in [0.15, 0.2) is 0 Å². The lowest BCUT2D eigenvalue weighted by atomic mass is 10.7. The number of hydrogen-bond donors (Lipinski definition) is 0. The predicted octanol–water partition coefficient (Wildman–Crippen LogP) is 2.28. The summed E-state index contributed by atoms with van der Waals surface area (Å²) in [5.74, 6) is 0. The van der Waals surface area contributed by atoms with Crippen molar-refractivity contribution < 1.29 is 4.74 Å². The van der Waals surface area contributed by atoms with E-state index < -0.39 is 0 Å². The molecule has 0 bridgehead atoms. The molecule has 0 saturated heterocycles. The number of hydrogen-bond acceptors (Lipinski definition) is 1. The van der Waals surface area contributed by atoms with Crippen LogP contribution in [0.15, 0.2) is 10.7 Å². The van der Waals surface area contributed by atoms with Crippen LogP contribution < -0.4 is 0 Å². The van der Waals surface area contributed by atoms with Gasteiger partial charge in [0.2, 0.25) is 0 Å². The molecular weight excluding hydrogens is 156 g/mol. The topological polar surface area (TPSA) is 9.23 Å². The highest BCUT2D eigenvalue weighted by molar-refractivity contribution is 9.11. The summed E-state index contributed by atoms with van der Waals surface area (Å²) < 4.78 is 5.91. The van der Waals surface area contributed by atoms with Crippen LogP contribution in [0, 0.1) is 0 Å². The SMILES string of the molecule is CCOC=C(C)Br. The third kappa shape index (κ3) is 6.02. The Morgan fingerprint density at radius 3 is 2.57 bits per heavy atom. The average molecular weight is 165 g/mol. The van der Waals surface area contributed by atoms with Crippen molar-refractivity contribution in [2.75, 3.05) is 6.61 Å². The second-order valence-corrected chi connectivity index (χ2v) is 2.41. The minimum absolute atomic E-state index is 0.739. The maximum absolute atomic E-state index is 4.89. The van der Waals surface area contributed by atoms with Crippen LogP contribution in [0.4, 0.5) is 0 Å². The van der Waals surface area contributed by atoms with Crippen LogP contribution in [0.1, 0.15) is 13.8 Å². The van der Waals surface area contributed by atoms with Crippen molar-refractivity contribution in [3.05, 3.63) is 10.7 Å². The third-order valence-electron chi connectivity index (χ3n) is 0.412. The van der Waals surface area contributed by atoms with Gasteiger partial charge >= 0.3 is 0 Å². The van der Waals surface area contributed by atoms with E-state index in [1.807, 2.05) is 13.8 Å². The minimum Gasteiger partial charge on any atom is -0.501 e. The molecule has 0 radical (unpaired) electrons. The Balaban J connectivity index is 3.08. The monoisotopic (exact) mass is 164 g/mol. The fraction of sp³-hybridized carbons (Fsp3) is 0.600. The molecule has 1 nitrogen and oxygen atoms in total. The van der Waals surface area contributed by atoms with Crippen LogP contribution in [0.5, 0.6) is 0 Å². The molecular formula is C5H9BrO. The van der Waals surface area contributed by atoms with Crippen LogP contribution in [0.2, 0.25) is 0 Å². The molecule has 7 heavy (non-hydrogen) atoms. The van der Waals surface area contributed by atoms with Gasteiger partial charge in [-0.2, -0.15) is 0 Å². The van der Waals surface area contributed by atoms with Crippen molar-refractivity contribution in [3.63, 3.8) is 0 Å². The minimum atomic E-state index is 0.739. The van der Waals surface area contributed by atoms with E-state index >= 15 is 0 Å². The molecule has 0 spiro atoms. The summed E-state index contributed by atoms with van der Waals surface area (Å²) in [7, 11) is 0. The summed E-state index contributed by atoms with van der Waals surface area (Å²) in [6.07, 6.45) is 1.68. The first-order valence-corrected chi connectivity index (χ1v) is 3.00.